The molecule has 2 nitrogen and oxygen atoms in total. The fourth-order valence-corrected chi connectivity index (χ4v) is 2.34. The van der Waals surface area contributed by atoms with Crippen molar-refractivity contribution in [3.63, 3.8) is 0 Å². The fourth-order valence-electron chi connectivity index (χ4n) is 2.34. The molecule has 0 spiro atoms. The topological polar surface area (TPSA) is 12.5 Å². The summed E-state index contributed by atoms with van der Waals surface area (Å²) in [6.07, 6.45) is -3.47. The Morgan fingerprint density at radius 2 is 2.00 bits per heavy atom. The summed E-state index contributed by atoms with van der Waals surface area (Å²) < 4.78 is 43.3. The van der Waals surface area contributed by atoms with Gasteiger partial charge in [-0.15, -0.1) is 0 Å². The van der Waals surface area contributed by atoms with Crippen LogP contribution in [0.3, 0.4) is 0 Å². The number of alkyl halides is 3. The quantitative estimate of drug-likeness (QED) is 0.649. The molecular formula is C9H14F3NO. The van der Waals surface area contributed by atoms with Gasteiger partial charge in [-0.1, -0.05) is 0 Å². The number of rotatable bonds is 1. The van der Waals surface area contributed by atoms with Crippen LogP contribution in [0.15, 0.2) is 0 Å². The Balaban J connectivity index is 2.13. The average molecular weight is 209 g/mol. The zero-order valence-corrected chi connectivity index (χ0v) is 8.10. The van der Waals surface area contributed by atoms with Crippen LogP contribution in [0.4, 0.5) is 13.2 Å². The molecule has 2 aliphatic rings. The maximum absolute atomic E-state index is 12.8. The zero-order valence-electron chi connectivity index (χ0n) is 8.10. The molecule has 0 N–H and O–H groups in total. The largest absolute Gasteiger partial charge is 0.399 e. The van der Waals surface area contributed by atoms with E-state index in [9.17, 15) is 13.2 Å². The van der Waals surface area contributed by atoms with Gasteiger partial charge in [0, 0.05) is 6.54 Å². The Bertz CT molecular complexity index is 225. The van der Waals surface area contributed by atoms with E-state index in [1.807, 2.05) is 11.9 Å². The van der Waals surface area contributed by atoms with E-state index in [0.29, 0.717) is 13.0 Å². The number of likely N-dealkylation sites (tertiary alicyclic amines) is 1. The minimum Gasteiger partial charge on any atom is -0.379 e. The third kappa shape index (κ3) is 1.34. The number of ether oxygens (including phenoxy) is 1. The smallest absolute Gasteiger partial charge is 0.379 e. The summed E-state index contributed by atoms with van der Waals surface area (Å²) in [4.78, 5) is 1.95. The van der Waals surface area contributed by atoms with E-state index in [0.717, 1.165) is 6.54 Å². The average Bonchev–Trinajstić information content (AvgIpc) is 2.29. The monoisotopic (exact) mass is 209 g/mol. The first-order valence-electron chi connectivity index (χ1n) is 4.79. The molecule has 0 aromatic rings. The number of halogens is 3. The van der Waals surface area contributed by atoms with Crippen molar-refractivity contribution in [3.8, 4) is 0 Å². The highest BCUT2D eigenvalue weighted by Gasteiger charge is 2.64. The predicted molar refractivity (Wildman–Crippen MR) is 44.9 cm³/mol. The van der Waals surface area contributed by atoms with Gasteiger partial charge in [-0.05, 0) is 25.9 Å². The van der Waals surface area contributed by atoms with Crippen LogP contribution in [0, 0.1) is 11.3 Å². The van der Waals surface area contributed by atoms with Gasteiger partial charge in [0.2, 0.25) is 0 Å². The van der Waals surface area contributed by atoms with Crippen molar-refractivity contribution in [1.82, 2.24) is 4.90 Å². The molecule has 0 aromatic carbocycles. The molecule has 1 unspecified atom stereocenters. The van der Waals surface area contributed by atoms with Gasteiger partial charge >= 0.3 is 6.18 Å². The predicted octanol–water partition coefficient (Wildman–Crippen LogP) is 1.52. The van der Waals surface area contributed by atoms with Crippen LogP contribution in [0.2, 0.25) is 0 Å². The minimum absolute atomic E-state index is 0.144. The maximum Gasteiger partial charge on any atom is 0.399 e. The highest BCUT2D eigenvalue weighted by molar-refractivity contribution is 5.00. The van der Waals surface area contributed by atoms with Crippen molar-refractivity contribution >= 4 is 0 Å². The van der Waals surface area contributed by atoms with Gasteiger partial charge in [-0.3, -0.25) is 0 Å². The van der Waals surface area contributed by atoms with Gasteiger partial charge < -0.3 is 9.64 Å². The molecule has 0 amide bonds. The lowest BCUT2D eigenvalue weighted by Crippen LogP contribution is -2.58. The molecule has 2 saturated heterocycles. The second-order valence-corrected chi connectivity index (χ2v) is 4.39. The van der Waals surface area contributed by atoms with Crippen molar-refractivity contribution in [1.29, 1.82) is 0 Å². The summed E-state index contributed by atoms with van der Waals surface area (Å²) in [5.74, 6) is -0.277. The first-order chi connectivity index (χ1) is 6.46. The molecule has 1 atom stereocenters. The molecule has 5 heteroatoms. The van der Waals surface area contributed by atoms with Crippen molar-refractivity contribution in [2.45, 2.75) is 12.6 Å². The van der Waals surface area contributed by atoms with Crippen LogP contribution in [0.5, 0.6) is 0 Å². The molecule has 0 radical (unpaired) electrons. The highest BCUT2D eigenvalue weighted by Crippen LogP contribution is 2.51. The molecule has 0 bridgehead atoms. The summed E-state index contributed by atoms with van der Waals surface area (Å²) in [6.45, 7) is 1.02. The molecule has 82 valence electrons. The van der Waals surface area contributed by atoms with Crippen LogP contribution in [0.25, 0.3) is 0 Å². The van der Waals surface area contributed by atoms with E-state index in [1.54, 1.807) is 0 Å². The molecule has 0 aromatic heterocycles. The second kappa shape index (κ2) is 3.10. The van der Waals surface area contributed by atoms with Gasteiger partial charge in [0.05, 0.1) is 13.2 Å². The second-order valence-electron chi connectivity index (χ2n) is 4.39. The summed E-state index contributed by atoms with van der Waals surface area (Å²) in [5, 5.41) is 0. The third-order valence-corrected chi connectivity index (χ3v) is 3.46. The SMILES string of the molecule is CN1CCC(C2(C(F)(F)F)COC2)C1. The summed E-state index contributed by atoms with van der Waals surface area (Å²) in [7, 11) is 1.86. The summed E-state index contributed by atoms with van der Waals surface area (Å²) >= 11 is 0. The van der Waals surface area contributed by atoms with Gasteiger partial charge in [-0.2, -0.15) is 13.2 Å². The van der Waals surface area contributed by atoms with Crippen molar-refractivity contribution in [2.75, 3.05) is 33.4 Å². The Kier molecular flexibility index (Phi) is 2.27. The lowest BCUT2D eigenvalue weighted by molar-refractivity contribution is -0.321. The molecule has 2 heterocycles. The molecule has 0 saturated carbocycles. The third-order valence-electron chi connectivity index (χ3n) is 3.46. The van der Waals surface area contributed by atoms with Crippen molar-refractivity contribution < 1.29 is 17.9 Å². The van der Waals surface area contributed by atoms with E-state index >= 15 is 0 Å². The molecule has 0 aliphatic carbocycles. The fraction of sp³-hybridized carbons (Fsp3) is 1.00. The molecule has 2 rings (SSSR count). The van der Waals surface area contributed by atoms with Crippen LogP contribution in [-0.4, -0.2) is 44.4 Å². The zero-order chi connectivity index (χ0) is 10.4. The van der Waals surface area contributed by atoms with Crippen LogP contribution < -0.4 is 0 Å². The van der Waals surface area contributed by atoms with Crippen LogP contribution in [-0.2, 0) is 4.74 Å². The number of hydrogen-bond donors (Lipinski definition) is 0. The Morgan fingerprint density at radius 3 is 2.29 bits per heavy atom. The Hall–Kier alpha value is -0.290. The van der Waals surface area contributed by atoms with Crippen LogP contribution >= 0.6 is 0 Å². The van der Waals surface area contributed by atoms with Gasteiger partial charge in [0.1, 0.15) is 5.41 Å². The summed E-state index contributed by atoms with van der Waals surface area (Å²) in [6, 6.07) is 0. The van der Waals surface area contributed by atoms with Crippen molar-refractivity contribution in [2.24, 2.45) is 11.3 Å². The minimum atomic E-state index is -4.11. The standard InChI is InChI=1S/C9H14F3NO/c1-13-3-2-7(4-13)8(5-14-6-8)9(10,11)12/h7H,2-6H2,1H3. The van der Waals surface area contributed by atoms with Crippen molar-refractivity contribution in [3.05, 3.63) is 0 Å². The van der Waals surface area contributed by atoms with E-state index in [2.05, 4.69) is 0 Å². The van der Waals surface area contributed by atoms with E-state index < -0.39 is 11.6 Å². The molecule has 14 heavy (non-hydrogen) atoms. The lowest BCUT2D eigenvalue weighted by atomic mass is 9.72. The van der Waals surface area contributed by atoms with E-state index in [-0.39, 0.29) is 19.1 Å². The normalized spacial score (nSPS) is 33.0. The molecule has 2 fully saturated rings. The number of hydrogen-bond acceptors (Lipinski definition) is 2. The summed E-state index contributed by atoms with van der Waals surface area (Å²) in [5.41, 5.74) is -1.54. The maximum atomic E-state index is 12.8. The van der Waals surface area contributed by atoms with Gasteiger partial charge in [0.25, 0.3) is 0 Å². The van der Waals surface area contributed by atoms with E-state index in [1.165, 1.54) is 0 Å². The molecule has 2 aliphatic heterocycles. The van der Waals surface area contributed by atoms with Gasteiger partial charge in [0.15, 0.2) is 0 Å². The molecular weight excluding hydrogens is 195 g/mol. The van der Waals surface area contributed by atoms with Gasteiger partial charge in [-0.25, -0.2) is 0 Å². The highest BCUT2D eigenvalue weighted by atomic mass is 19.4. The number of nitrogens with zero attached hydrogens (tertiary/aromatic N) is 1. The Morgan fingerprint density at radius 1 is 1.36 bits per heavy atom. The first kappa shape index (κ1) is 10.2. The Labute approximate surface area is 81.0 Å². The van der Waals surface area contributed by atoms with E-state index in [4.69, 9.17) is 4.74 Å². The van der Waals surface area contributed by atoms with Crippen LogP contribution in [0.1, 0.15) is 6.42 Å². The lowest BCUT2D eigenvalue weighted by Gasteiger charge is -2.46. The first-order valence-corrected chi connectivity index (χ1v) is 4.79.